The summed E-state index contributed by atoms with van der Waals surface area (Å²) in [5.74, 6) is -2.84. The van der Waals surface area contributed by atoms with E-state index in [0.29, 0.717) is 0 Å². The minimum atomic E-state index is -2.12. The van der Waals surface area contributed by atoms with Crippen molar-refractivity contribution in [2.24, 2.45) is 0 Å². The van der Waals surface area contributed by atoms with Gasteiger partial charge in [0.05, 0.1) is 13.2 Å². The summed E-state index contributed by atoms with van der Waals surface area (Å²) >= 11 is 0. The minimum Gasteiger partial charge on any atom is -0.399 e. The lowest BCUT2D eigenvalue weighted by molar-refractivity contribution is -0.225. The molecule has 0 radical (unpaired) electrons. The second-order valence-electron chi connectivity index (χ2n) is 5.41. The van der Waals surface area contributed by atoms with Gasteiger partial charge in [0.25, 0.3) is 0 Å². The quantitative estimate of drug-likeness (QED) is 0.318. The number of nitrogen functional groups attached to an aromatic ring is 2. The van der Waals surface area contributed by atoms with Gasteiger partial charge in [-0.25, -0.2) is 0 Å². The topological polar surface area (TPSA) is 148 Å². The van der Waals surface area contributed by atoms with Crippen LogP contribution in [-0.4, -0.2) is 57.9 Å². The Morgan fingerprint density at radius 3 is 2.48 bits per heavy atom. The van der Waals surface area contributed by atoms with Crippen LogP contribution in [0.25, 0.3) is 0 Å². The van der Waals surface area contributed by atoms with Gasteiger partial charge in [0.2, 0.25) is 5.79 Å². The van der Waals surface area contributed by atoms with Crippen LogP contribution in [0, 0.1) is 0 Å². The van der Waals surface area contributed by atoms with E-state index in [1.165, 1.54) is 18.2 Å². The third-order valence-electron chi connectivity index (χ3n) is 3.86. The molecule has 2 aliphatic heterocycles. The van der Waals surface area contributed by atoms with Crippen LogP contribution in [0.5, 0.6) is 0 Å². The Bertz CT molecular complexity index is 588. The zero-order valence-electron chi connectivity index (χ0n) is 11.0. The van der Waals surface area contributed by atoms with Crippen LogP contribution < -0.4 is 11.5 Å². The van der Waals surface area contributed by atoms with E-state index in [9.17, 15) is 20.1 Å². The van der Waals surface area contributed by atoms with Crippen molar-refractivity contribution < 1.29 is 29.6 Å². The predicted octanol–water partition coefficient (Wildman–Crippen LogP) is -1.76. The normalized spacial score (nSPS) is 38.4. The lowest BCUT2D eigenvalue weighted by atomic mass is 9.86. The second-order valence-corrected chi connectivity index (χ2v) is 5.41. The number of aliphatic hydroxyl groups excluding tert-OH is 1. The number of aliphatic hydroxyl groups is 3. The fraction of sp³-hybridized carbons (Fsp3) is 0.462. The highest BCUT2D eigenvalue weighted by atomic mass is 16.7. The Kier molecular flexibility index (Phi) is 2.98. The molecule has 0 amide bonds. The van der Waals surface area contributed by atoms with Gasteiger partial charge in [-0.2, -0.15) is 0 Å². The van der Waals surface area contributed by atoms with Gasteiger partial charge < -0.3 is 36.3 Å². The maximum atomic E-state index is 12.6. The molecule has 8 nitrogen and oxygen atoms in total. The largest absolute Gasteiger partial charge is 0.399 e. The van der Waals surface area contributed by atoms with Crippen molar-refractivity contribution >= 4 is 17.2 Å². The van der Waals surface area contributed by atoms with E-state index < -0.39 is 36.0 Å². The Morgan fingerprint density at radius 2 is 1.86 bits per heavy atom. The van der Waals surface area contributed by atoms with Crippen LogP contribution in [-0.2, 0) is 9.47 Å². The molecule has 0 spiro atoms. The first kappa shape index (κ1) is 14.2. The predicted molar refractivity (Wildman–Crippen MR) is 71.2 cm³/mol. The van der Waals surface area contributed by atoms with Crippen molar-refractivity contribution in [3.63, 3.8) is 0 Å². The zero-order valence-corrected chi connectivity index (χ0v) is 11.0. The van der Waals surface area contributed by atoms with Crippen LogP contribution in [0.15, 0.2) is 18.2 Å². The van der Waals surface area contributed by atoms with Crippen molar-refractivity contribution in [1.29, 1.82) is 0 Å². The molecule has 0 saturated carbocycles. The van der Waals surface area contributed by atoms with E-state index in [1.807, 2.05) is 0 Å². The first-order chi connectivity index (χ1) is 9.77. The molecule has 1 aromatic rings. The smallest absolute Gasteiger partial charge is 0.225 e. The number of nitrogens with two attached hydrogens (primary N) is 2. The average Bonchev–Trinajstić information content (AvgIpc) is 2.85. The Balaban J connectivity index is 1.98. The van der Waals surface area contributed by atoms with E-state index in [0.717, 1.165) is 0 Å². The van der Waals surface area contributed by atoms with Crippen LogP contribution in [0.2, 0.25) is 0 Å². The molecule has 2 heterocycles. The van der Waals surface area contributed by atoms with Gasteiger partial charge in [0, 0.05) is 16.9 Å². The number of carbonyl (C=O) groups excluding carboxylic acids is 1. The maximum Gasteiger partial charge on any atom is 0.225 e. The monoisotopic (exact) mass is 296 g/mol. The second kappa shape index (κ2) is 4.39. The van der Waals surface area contributed by atoms with Gasteiger partial charge in [0.1, 0.15) is 6.10 Å². The van der Waals surface area contributed by atoms with Gasteiger partial charge >= 0.3 is 0 Å². The van der Waals surface area contributed by atoms with Crippen molar-refractivity contribution in [3.8, 4) is 0 Å². The number of Topliss-reactive ketones (excluding diaryl/α,β-unsaturated/α-hetero) is 1. The highest BCUT2D eigenvalue weighted by molar-refractivity contribution is 6.04. The fourth-order valence-electron chi connectivity index (χ4n) is 2.80. The molecule has 0 unspecified atom stereocenters. The van der Waals surface area contributed by atoms with E-state index in [-0.39, 0.29) is 23.5 Å². The SMILES string of the molecule is Nc1cc(N)cc(C(=O)[C@@]2(O)CO[C@]3(O)[C@@H](O)CO[C@@H]32)c1. The molecule has 8 heteroatoms. The molecule has 114 valence electrons. The van der Waals surface area contributed by atoms with Crippen LogP contribution >= 0.6 is 0 Å². The van der Waals surface area contributed by atoms with Crippen LogP contribution in [0.3, 0.4) is 0 Å². The molecule has 1 aromatic carbocycles. The molecule has 2 fully saturated rings. The number of carbonyl (C=O) groups is 1. The summed E-state index contributed by atoms with van der Waals surface area (Å²) < 4.78 is 10.2. The molecular weight excluding hydrogens is 280 g/mol. The van der Waals surface area contributed by atoms with Crippen LogP contribution in [0.1, 0.15) is 10.4 Å². The maximum absolute atomic E-state index is 12.6. The molecule has 21 heavy (non-hydrogen) atoms. The van der Waals surface area contributed by atoms with Gasteiger partial charge in [-0.1, -0.05) is 0 Å². The van der Waals surface area contributed by atoms with Gasteiger partial charge in [-0.3, -0.25) is 4.79 Å². The lowest BCUT2D eigenvalue weighted by Gasteiger charge is -2.28. The lowest BCUT2D eigenvalue weighted by Crippen LogP contribution is -2.55. The van der Waals surface area contributed by atoms with Gasteiger partial charge in [-0.15, -0.1) is 0 Å². The summed E-state index contributed by atoms with van der Waals surface area (Å²) in [6.45, 7) is -0.741. The van der Waals surface area contributed by atoms with E-state index in [1.54, 1.807) is 0 Å². The Morgan fingerprint density at radius 1 is 1.24 bits per heavy atom. The number of hydrogen-bond acceptors (Lipinski definition) is 8. The Hall–Kier alpha value is -1.71. The first-order valence-electron chi connectivity index (χ1n) is 6.36. The molecule has 3 rings (SSSR count). The van der Waals surface area contributed by atoms with Crippen molar-refractivity contribution in [1.82, 2.24) is 0 Å². The summed E-state index contributed by atoms with van der Waals surface area (Å²) in [6, 6.07) is 4.19. The summed E-state index contributed by atoms with van der Waals surface area (Å²) in [5, 5.41) is 30.4. The molecule has 4 atom stereocenters. The van der Waals surface area contributed by atoms with Crippen molar-refractivity contribution in [2.45, 2.75) is 23.6 Å². The number of benzene rings is 1. The van der Waals surface area contributed by atoms with Gasteiger partial charge in [-0.05, 0) is 18.2 Å². The summed E-state index contributed by atoms with van der Waals surface area (Å²) in [7, 11) is 0. The Labute approximate surface area is 119 Å². The molecule has 2 aliphatic rings. The number of anilines is 2. The highest BCUT2D eigenvalue weighted by Crippen LogP contribution is 2.42. The van der Waals surface area contributed by atoms with E-state index in [2.05, 4.69) is 0 Å². The molecular formula is C13H16N2O6. The van der Waals surface area contributed by atoms with Crippen molar-refractivity contribution in [3.05, 3.63) is 23.8 Å². The van der Waals surface area contributed by atoms with E-state index in [4.69, 9.17) is 20.9 Å². The standard InChI is InChI=1S/C13H16N2O6/c14-7-1-6(2-8(15)3-7)10(17)12(18)5-21-13(19)9(16)4-20-11(12)13/h1-3,9,11,16,18-19H,4-5,14-15H2/t9-,11+,12-,13+/m0/s1. The molecule has 0 aliphatic carbocycles. The third kappa shape index (κ3) is 1.92. The molecule has 0 bridgehead atoms. The van der Waals surface area contributed by atoms with Crippen molar-refractivity contribution in [2.75, 3.05) is 24.7 Å². The fourth-order valence-corrected chi connectivity index (χ4v) is 2.80. The highest BCUT2D eigenvalue weighted by Gasteiger charge is 2.68. The minimum absolute atomic E-state index is 0.0767. The molecule has 7 N–H and O–H groups in total. The number of hydrogen-bond donors (Lipinski definition) is 5. The molecule has 2 saturated heterocycles. The average molecular weight is 296 g/mol. The first-order valence-corrected chi connectivity index (χ1v) is 6.36. The summed E-state index contributed by atoms with van der Waals surface area (Å²) in [6.07, 6.45) is -2.72. The third-order valence-corrected chi connectivity index (χ3v) is 3.86. The number of ketones is 1. The van der Waals surface area contributed by atoms with Gasteiger partial charge in [0.15, 0.2) is 17.5 Å². The number of rotatable bonds is 2. The molecule has 0 aromatic heterocycles. The van der Waals surface area contributed by atoms with E-state index >= 15 is 0 Å². The van der Waals surface area contributed by atoms with Crippen LogP contribution in [0.4, 0.5) is 11.4 Å². The number of ether oxygens (including phenoxy) is 2. The number of fused-ring (bicyclic) bond motifs is 1. The zero-order chi connectivity index (χ0) is 15.4. The summed E-state index contributed by atoms with van der Waals surface area (Å²) in [4.78, 5) is 12.6. The summed E-state index contributed by atoms with van der Waals surface area (Å²) in [5.41, 5.74) is 9.75.